The first-order valence-corrected chi connectivity index (χ1v) is 18.5. The molecule has 0 bridgehead atoms. The van der Waals surface area contributed by atoms with Gasteiger partial charge in [0, 0.05) is 18.7 Å². The lowest BCUT2D eigenvalue weighted by molar-refractivity contribution is -0.136. The highest BCUT2D eigenvalue weighted by Gasteiger charge is 2.33. The first-order valence-electron chi connectivity index (χ1n) is 17.9. The number of carbonyl (C=O) groups is 8. The predicted molar refractivity (Wildman–Crippen MR) is 197 cm³/mol. The third-order valence-electron chi connectivity index (χ3n) is 7.91. The molecule has 11 N–H and O–H groups in total. The third kappa shape index (κ3) is 19.6. The molecule has 1 saturated heterocycles. The second-order valence-electron chi connectivity index (χ2n) is 13.4. The van der Waals surface area contributed by atoms with Crippen molar-refractivity contribution in [1.82, 2.24) is 37.2 Å². The van der Waals surface area contributed by atoms with Crippen LogP contribution in [0.5, 0.6) is 0 Å². The maximum absolute atomic E-state index is 13.7. The van der Waals surface area contributed by atoms with Crippen molar-refractivity contribution < 1.29 is 47.8 Å². The highest BCUT2D eigenvalue weighted by molar-refractivity contribution is 7.80. The van der Waals surface area contributed by atoms with E-state index >= 15 is 0 Å². The van der Waals surface area contributed by atoms with Crippen LogP contribution in [0.2, 0.25) is 0 Å². The summed E-state index contributed by atoms with van der Waals surface area (Å²) in [6, 6.07) is -5.66. The second kappa shape index (κ2) is 25.9. The van der Waals surface area contributed by atoms with E-state index in [1.54, 1.807) is 13.8 Å². The summed E-state index contributed by atoms with van der Waals surface area (Å²) in [6.07, 6.45) is 0.874. The second-order valence-corrected chi connectivity index (χ2v) is 13.7. The van der Waals surface area contributed by atoms with Gasteiger partial charge in [-0.25, -0.2) is 0 Å². The molecule has 1 aliphatic heterocycles. The van der Waals surface area contributed by atoms with Crippen molar-refractivity contribution in [2.75, 3.05) is 51.8 Å². The number of carbonyl (C=O) groups excluding carboxylic acids is 8. The Kier molecular flexibility index (Phi) is 23.0. The van der Waals surface area contributed by atoms with Crippen LogP contribution in [-0.2, 0) is 47.8 Å². The van der Waals surface area contributed by atoms with Gasteiger partial charge in [-0.05, 0) is 50.5 Å². The van der Waals surface area contributed by atoms with E-state index in [-0.39, 0.29) is 63.7 Å². The van der Waals surface area contributed by atoms with Crippen LogP contribution in [0.15, 0.2) is 0 Å². The maximum Gasteiger partial charge on any atom is 0.246 e. The van der Waals surface area contributed by atoms with Gasteiger partial charge in [-0.15, -0.1) is 0 Å². The molecule has 1 aliphatic rings. The maximum atomic E-state index is 13.7. The quantitative estimate of drug-likeness (QED) is 0.0734. The molecule has 0 spiro atoms. The molecule has 53 heavy (non-hydrogen) atoms. The minimum absolute atomic E-state index is 0.00721. The summed E-state index contributed by atoms with van der Waals surface area (Å²) in [5, 5.41) is 18.1. The van der Waals surface area contributed by atoms with Gasteiger partial charge in [0.05, 0.1) is 26.4 Å². The molecule has 8 amide bonds. The summed E-state index contributed by atoms with van der Waals surface area (Å²) in [7, 11) is 0. The molecule has 19 nitrogen and oxygen atoms in total. The minimum atomic E-state index is -1.26. The first kappa shape index (κ1) is 47.0. The van der Waals surface area contributed by atoms with E-state index in [4.69, 9.17) is 20.9 Å². The summed E-state index contributed by atoms with van der Waals surface area (Å²) >= 11 is 4.13. The lowest BCUT2D eigenvalue weighted by atomic mass is 9.99. The lowest BCUT2D eigenvalue weighted by Crippen LogP contribution is -2.59. The van der Waals surface area contributed by atoms with Crippen LogP contribution in [-0.4, -0.2) is 129 Å². The van der Waals surface area contributed by atoms with Crippen molar-refractivity contribution in [2.45, 2.75) is 96.4 Å². The van der Waals surface area contributed by atoms with Gasteiger partial charge in [0.25, 0.3) is 0 Å². The number of ether oxygens (including phenoxy) is 2. The molecule has 302 valence electrons. The summed E-state index contributed by atoms with van der Waals surface area (Å²) in [4.78, 5) is 104. The number of amides is 8. The zero-order chi connectivity index (χ0) is 39.9. The molecule has 0 aromatic heterocycles. The van der Waals surface area contributed by atoms with Gasteiger partial charge >= 0.3 is 0 Å². The van der Waals surface area contributed by atoms with Crippen LogP contribution in [0.25, 0.3) is 0 Å². The molecule has 0 aliphatic carbocycles. The van der Waals surface area contributed by atoms with Gasteiger partial charge < -0.3 is 58.2 Å². The summed E-state index contributed by atoms with van der Waals surface area (Å²) in [5.41, 5.74) is 11.0. The molecule has 0 saturated carbocycles. The van der Waals surface area contributed by atoms with Crippen LogP contribution in [0.1, 0.15) is 66.2 Å². The SMILES string of the molecule is CC(C)C[C@@H]1NC(=O)[C@H](CCCCN)NC(=O)[C@H](CCC(N)=O)NC(=O)COCCOCCNC(=O)[C@H](CS)NC(=O)CNC(=O)[C@H](C(C)C)NC1=O. The Morgan fingerprint density at radius 3 is 1.92 bits per heavy atom. The van der Waals surface area contributed by atoms with E-state index in [9.17, 15) is 38.4 Å². The molecular formula is C33H59N9O10S. The average Bonchev–Trinajstić information content (AvgIpc) is 3.09. The number of hydrogen-bond acceptors (Lipinski definition) is 12. The van der Waals surface area contributed by atoms with Crippen molar-refractivity contribution in [2.24, 2.45) is 23.3 Å². The smallest absolute Gasteiger partial charge is 0.246 e. The van der Waals surface area contributed by atoms with Crippen LogP contribution >= 0.6 is 12.6 Å². The topological polar surface area (TPSA) is 291 Å². The molecule has 1 heterocycles. The fourth-order valence-corrected chi connectivity index (χ4v) is 5.32. The number of primary amides is 1. The number of thiol groups is 1. The Hall–Kier alpha value is -4.01. The molecule has 0 unspecified atom stereocenters. The van der Waals surface area contributed by atoms with Crippen molar-refractivity contribution >= 4 is 59.9 Å². The minimum Gasteiger partial charge on any atom is -0.377 e. The molecule has 0 aromatic rings. The predicted octanol–water partition coefficient (Wildman–Crippen LogP) is -3.28. The van der Waals surface area contributed by atoms with Gasteiger partial charge in [0.15, 0.2) is 0 Å². The molecular weight excluding hydrogens is 714 g/mol. The van der Waals surface area contributed by atoms with Gasteiger partial charge in [0.1, 0.15) is 36.8 Å². The number of unbranched alkanes of at least 4 members (excludes halogenated alkanes) is 1. The van der Waals surface area contributed by atoms with E-state index < -0.39 is 96.5 Å². The Morgan fingerprint density at radius 1 is 0.717 bits per heavy atom. The molecule has 0 radical (unpaired) electrons. The van der Waals surface area contributed by atoms with E-state index in [0.29, 0.717) is 19.4 Å². The number of nitrogens with one attached hydrogen (secondary N) is 7. The zero-order valence-corrected chi connectivity index (χ0v) is 32.0. The Balaban J connectivity index is 3.38. The standard InChI is InChI=1S/C33H59N9O10S/c1-19(2)15-23-32(49)42-28(20(3)4)33(50)37-16-26(44)39-24(18-53)29(46)36-11-12-51-13-14-52-17-27(45)38-22(8-9-25(35)43)31(48)40-21(30(47)41-23)7-5-6-10-34/h19-24,28,53H,5-18,34H2,1-4H3,(H2,35,43)(H,36,46)(H,37,50)(H,38,45)(H,39,44)(H,40,48)(H,41,47)(H,42,49)/t21-,22-,23-,24-,28-/m0/s1. The van der Waals surface area contributed by atoms with Gasteiger partial charge in [0.2, 0.25) is 47.3 Å². The Labute approximate surface area is 316 Å². The van der Waals surface area contributed by atoms with Crippen LogP contribution in [0.3, 0.4) is 0 Å². The molecule has 1 rings (SSSR count). The Morgan fingerprint density at radius 2 is 1.32 bits per heavy atom. The van der Waals surface area contributed by atoms with E-state index in [1.165, 1.54) is 0 Å². The largest absolute Gasteiger partial charge is 0.377 e. The van der Waals surface area contributed by atoms with Crippen LogP contribution in [0, 0.1) is 11.8 Å². The van der Waals surface area contributed by atoms with Crippen LogP contribution in [0.4, 0.5) is 0 Å². The van der Waals surface area contributed by atoms with Crippen molar-refractivity contribution in [3.05, 3.63) is 0 Å². The van der Waals surface area contributed by atoms with Gasteiger partial charge in [-0.2, -0.15) is 12.6 Å². The van der Waals surface area contributed by atoms with Crippen LogP contribution < -0.4 is 48.7 Å². The Bertz CT molecular complexity index is 1240. The average molecular weight is 774 g/mol. The molecule has 0 aromatic carbocycles. The van der Waals surface area contributed by atoms with Gasteiger partial charge in [-0.1, -0.05) is 27.7 Å². The van der Waals surface area contributed by atoms with Crippen molar-refractivity contribution in [3.8, 4) is 0 Å². The highest BCUT2D eigenvalue weighted by Crippen LogP contribution is 2.10. The fourth-order valence-electron chi connectivity index (χ4n) is 5.06. The lowest BCUT2D eigenvalue weighted by Gasteiger charge is -2.28. The highest BCUT2D eigenvalue weighted by atomic mass is 32.1. The van der Waals surface area contributed by atoms with Crippen molar-refractivity contribution in [1.29, 1.82) is 0 Å². The molecule has 20 heteroatoms. The third-order valence-corrected chi connectivity index (χ3v) is 8.27. The summed E-state index contributed by atoms with van der Waals surface area (Å²) < 4.78 is 10.7. The van der Waals surface area contributed by atoms with E-state index in [0.717, 1.165) is 0 Å². The van der Waals surface area contributed by atoms with E-state index in [2.05, 4.69) is 49.8 Å². The summed E-state index contributed by atoms with van der Waals surface area (Å²) in [6.45, 7) is 6.66. The monoisotopic (exact) mass is 773 g/mol. The molecule has 5 atom stereocenters. The number of hydrogen-bond donors (Lipinski definition) is 10. The first-order chi connectivity index (χ1) is 25.1. The van der Waals surface area contributed by atoms with Gasteiger partial charge in [-0.3, -0.25) is 38.4 Å². The van der Waals surface area contributed by atoms with E-state index in [1.807, 2.05) is 13.8 Å². The number of rotatable bonds is 11. The fraction of sp³-hybridized carbons (Fsp3) is 0.758. The van der Waals surface area contributed by atoms with Crippen molar-refractivity contribution in [3.63, 3.8) is 0 Å². The number of nitrogens with two attached hydrogens (primary N) is 2. The summed E-state index contributed by atoms with van der Waals surface area (Å²) in [5.74, 6) is -5.94. The zero-order valence-electron chi connectivity index (χ0n) is 31.1. The normalized spacial score (nSPS) is 24.5. The molecule has 1 fully saturated rings.